The lowest BCUT2D eigenvalue weighted by Crippen LogP contribution is -2.56. The number of hydrogen-bond donors (Lipinski definition) is 0. The fourth-order valence-electron chi connectivity index (χ4n) is 2.39. The Morgan fingerprint density at radius 2 is 1.45 bits per heavy atom. The second-order valence-corrected chi connectivity index (χ2v) is 12.3. The van der Waals surface area contributed by atoms with Crippen molar-refractivity contribution < 1.29 is 27.5 Å². The molecular formula is C14H34O6Si2. The summed E-state index contributed by atoms with van der Waals surface area (Å²) in [5.74, 6) is -1.03. The van der Waals surface area contributed by atoms with Gasteiger partial charge in [0.25, 0.3) is 5.97 Å². The quantitative estimate of drug-likeness (QED) is 0.351. The van der Waals surface area contributed by atoms with E-state index in [2.05, 4.69) is 13.8 Å². The molecule has 0 aromatic rings. The average molecular weight is 355 g/mol. The van der Waals surface area contributed by atoms with Crippen LogP contribution in [0.2, 0.25) is 6.04 Å². The van der Waals surface area contributed by atoms with Crippen LogP contribution in [0.4, 0.5) is 0 Å². The van der Waals surface area contributed by atoms with Crippen LogP contribution >= 0.6 is 0 Å². The molecule has 0 aliphatic heterocycles. The van der Waals surface area contributed by atoms with Crippen LogP contribution in [0.15, 0.2) is 0 Å². The summed E-state index contributed by atoms with van der Waals surface area (Å²) in [5, 5.41) is 0. The Morgan fingerprint density at radius 1 is 0.955 bits per heavy atom. The van der Waals surface area contributed by atoms with Crippen LogP contribution in [0.25, 0.3) is 0 Å². The first-order valence-electron chi connectivity index (χ1n) is 8.08. The van der Waals surface area contributed by atoms with Gasteiger partial charge in [0.1, 0.15) is 9.04 Å². The van der Waals surface area contributed by atoms with E-state index in [4.69, 9.17) is 27.5 Å². The van der Waals surface area contributed by atoms with Gasteiger partial charge in [-0.1, -0.05) is 13.3 Å². The minimum atomic E-state index is -2.66. The molecule has 0 aromatic carbocycles. The first-order valence-corrected chi connectivity index (χ1v) is 13.1. The summed E-state index contributed by atoms with van der Waals surface area (Å²) in [4.78, 5) is 0. The molecule has 0 fully saturated rings. The monoisotopic (exact) mass is 354 g/mol. The maximum absolute atomic E-state index is 6.28. The van der Waals surface area contributed by atoms with Crippen molar-refractivity contribution in [1.29, 1.82) is 0 Å². The molecule has 1 atom stereocenters. The predicted octanol–water partition coefficient (Wildman–Crippen LogP) is 1.88. The average Bonchev–Trinajstić information content (AvgIpc) is 2.50. The summed E-state index contributed by atoms with van der Waals surface area (Å²) in [6.45, 7) is 9.33. The largest absolute Gasteiger partial charge is 0.462 e. The van der Waals surface area contributed by atoms with Crippen molar-refractivity contribution >= 4 is 17.4 Å². The number of hydrogen-bond acceptors (Lipinski definition) is 6. The molecule has 0 aliphatic rings. The molecule has 0 bridgehead atoms. The highest BCUT2D eigenvalue weighted by molar-refractivity contribution is 7.14. The van der Waals surface area contributed by atoms with E-state index in [1.54, 1.807) is 21.3 Å². The normalized spacial score (nSPS) is 14.9. The Balaban J connectivity index is 5.03. The molecule has 0 radical (unpaired) electrons. The molecule has 6 nitrogen and oxygen atoms in total. The third kappa shape index (κ3) is 7.18. The summed E-state index contributed by atoms with van der Waals surface area (Å²) < 4.78 is 34.4. The van der Waals surface area contributed by atoms with Crippen molar-refractivity contribution in [2.24, 2.45) is 0 Å². The number of rotatable bonds is 14. The lowest BCUT2D eigenvalue weighted by Gasteiger charge is -2.35. The van der Waals surface area contributed by atoms with Gasteiger partial charge in [-0.3, -0.25) is 0 Å². The van der Waals surface area contributed by atoms with Crippen LogP contribution in [0, 0.1) is 0 Å². The summed E-state index contributed by atoms with van der Waals surface area (Å²) in [6.07, 6.45) is 2.20. The van der Waals surface area contributed by atoms with E-state index in [9.17, 15) is 0 Å². The lowest BCUT2D eigenvalue weighted by molar-refractivity contribution is -0.339. The molecular weight excluding hydrogens is 320 g/mol. The first-order chi connectivity index (χ1) is 10.5. The highest BCUT2D eigenvalue weighted by Crippen LogP contribution is 2.23. The van der Waals surface area contributed by atoms with Crippen LogP contribution in [0.5, 0.6) is 0 Å². The molecule has 0 N–H and O–H groups in total. The van der Waals surface area contributed by atoms with E-state index < -0.39 is 23.3 Å². The van der Waals surface area contributed by atoms with Gasteiger partial charge in [-0.25, -0.2) is 0 Å². The second kappa shape index (κ2) is 11.7. The summed E-state index contributed by atoms with van der Waals surface area (Å²) in [5.41, 5.74) is 0. The van der Waals surface area contributed by atoms with Gasteiger partial charge in [-0.15, -0.1) is 0 Å². The zero-order valence-corrected chi connectivity index (χ0v) is 17.7. The zero-order chi connectivity index (χ0) is 17.1. The van der Waals surface area contributed by atoms with Gasteiger partial charge >= 0.3 is 8.32 Å². The summed E-state index contributed by atoms with van der Waals surface area (Å²) in [7, 11) is 1.17. The van der Waals surface area contributed by atoms with Crippen molar-refractivity contribution in [2.45, 2.75) is 58.7 Å². The van der Waals surface area contributed by atoms with Crippen LogP contribution in [-0.4, -0.2) is 64.0 Å². The highest BCUT2D eigenvalue weighted by Gasteiger charge is 2.45. The minimum absolute atomic E-state index is 0.129. The molecule has 0 aromatic heterocycles. The fourth-order valence-corrected chi connectivity index (χ4v) is 11.0. The summed E-state index contributed by atoms with van der Waals surface area (Å²) >= 11 is 0. The van der Waals surface area contributed by atoms with Gasteiger partial charge in [0, 0.05) is 46.7 Å². The Bertz CT molecular complexity index is 262. The Hall–Kier alpha value is 0.194. The molecule has 0 rings (SSSR count). The Labute approximate surface area is 138 Å². The molecule has 0 saturated heterocycles. The van der Waals surface area contributed by atoms with Crippen LogP contribution < -0.4 is 0 Å². The zero-order valence-electron chi connectivity index (χ0n) is 15.3. The SMILES string of the molecule is CCCC(C)O[Si](OCC)(OCC)[SiH2]CC(OC)(OC)OC. The number of methoxy groups -OCH3 is 3. The van der Waals surface area contributed by atoms with Crippen molar-refractivity contribution in [3.63, 3.8) is 0 Å². The smallest absolute Gasteiger partial charge is 0.377 e. The molecule has 0 aliphatic carbocycles. The van der Waals surface area contributed by atoms with Gasteiger partial charge in [0.15, 0.2) is 0 Å². The van der Waals surface area contributed by atoms with Crippen molar-refractivity contribution in [3.8, 4) is 0 Å². The predicted molar refractivity (Wildman–Crippen MR) is 91.6 cm³/mol. The fraction of sp³-hybridized carbons (Fsp3) is 1.00. The van der Waals surface area contributed by atoms with E-state index >= 15 is 0 Å². The molecule has 134 valence electrons. The molecule has 22 heavy (non-hydrogen) atoms. The van der Waals surface area contributed by atoms with Gasteiger partial charge in [0.05, 0.1) is 0 Å². The van der Waals surface area contributed by atoms with E-state index in [1.165, 1.54) is 0 Å². The Kier molecular flexibility index (Phi) is 11.8. The first kappa shape index (κ1) is 22.2. The van der Waals surface area contributed by atoms with E-state index in [0.29, 0.717) is 19.3 Å². The molecule has 0 heterocycles. The third-order valence-electron chi connectivity index (χ3n) is 3.47. The highest BCUT2D eigenvalue weighted by atomic mass is 29.2. The lowest BCUT2D eigenvalue weighted by atomic mass is 10.2. The number of ether oxygens (including phenoxy) is 3. The maximum atomic E-state index is 6.28. The molecule has 8 heteroatoms. The minimum Gasteiger partial charge on any atom is -0.377 e. The van der Waals surface area contributed by atoms with Crippen molar-refractivity contribution in [3.05, 3.63) is 0 Å². The third-order valence-corrected chi connectivity index (χ3v) is 11.5. The molecule has 0 amide bonds. The molecule has 0 spiro atoms. The van der Waals surface area contributed by atoms with Gasteiger partial charge in [-0.05, 0) is 27.2 Å². The van der Waals surface area contributed by atoms with E-state index in [0.717, 1.165) is 12.8 Å². The molecule has 0 saturated carbocycles. The topological polar surface area (TPSA) is 55.4 Å². The van der Waals surface area contributed by atoms with Gasteiger partial charge in [-0.2, -0.15) is 0 Å². The molecule has 1 unspecified atom stereocenters. The van der Waals surface area contributed by atoms with Crippen LogP contribution in [-0.2, 0) is 27.5 Å². The van der Waals surface area contributed by atoms with Crippen molar-refractivity contribution in [2.75, 3.05) is 34.5 Å². The van der Waals surface area contributed by atoms with Crippen LogP contribution in [0.1, 0.15) is 40.5 Å². The second-order valence-electron chi connectivity index (χ2n) is 5.06. The van der Waals surface area contributed by atoms with Crippen LogP contribution in [0.3, 0.4) is 0 Å². The summed E-state index contributed by atoms with van der Waals surface area (Å²) in [6, 6.07) is 0.613. The van der Waals surface area contributed by atoms with Gasteiger partial charge < -0.3 is 27.5 Å². The van der Waals surface area contributed by atoms with Crippen molar-refractivity contribution in [1.82, 2.24) is 0 Å². The standard InChI is InChI=1S/C14H34O6Si2/c1-8-11-13(4)20-22(18-9-2,19-10-3)21-12-14(15-5,16-6)17-7/h13H,8-12,21H2,1-7H3. The Morgan fingerprint density at radius 3 is 1.82 bits per heavy atom. The maximum Gasteiger partial charge on any atom is 0.462 e. The van der Waals surface area contributed by atoms with E-state index in [-0.39, 0.29) is 6.10 Å². The van der Waals surface area contributed by atoms with E-state index in [1.807, 2.05) is 13.8 Å². The van der Waals surface area contributed by atoms with Gasteiger partial charge in [0.2, 0.25) is 0 Å².